The number of benzene rings is 2. The molecule has 1 aliphatic carbocycles. The molecule has 3 atom stereocenters. The average Bonchev–Trinajstić information content (AvgIpc) is 3.36. The molecule has 2 aromatic rings. The Morgan fingerprint density at radius 3 is 2.16 bits per heavy atom. The molecule has 0 bridgehead atoms. The lowest BCUT2D eigenvalue weighted by atomic mass is 10.1. The molecule has 1 saturated carbocycles. The van der Waals surface area contributed by atoms with Crippen molar-refractivity contribution in [1.29, 1.82) is 0 Å². The van der Waals surface area contributed by atoms with Gasteiger partial charge in [0, 0.05) is 10.9 Å². The molecule has 0 aromatic heterocycles. The third kappa shape index (κ3) is 4.55. The zero-order valence-corrected chi connectivity index (χ0v) is 19.2. The monoisotopic (exact) mass is 465 g/mol. The van der Waals surface area contributed by atoms with Gasteiger partial charge < -0.3 is 19.6 Å². The highest BCUT2D eigenvalue weighted by atomic mass is 35.5. The summed E-state index contributed by atoms with van der Waals surface area (Å²) in [5.74, 6) is -0.220. The number of aldehydes is 1. The number of halogens is 1. The van der Waals surface area contributed by atoms with Gasteiger partial charge in [-0.1, -0.05) is 23.7 Å². The van der Waals surface area contributed by atoms with E-state index in [2.05, 4.69) is 5.32 Å². The number of nitrogens with one attached hydrogen (secondary N) is 1. The van der Waals surface area contributed by atoms with E-state index in [1.807, 2.05) is 0 Å². The number of rotatable bonds is 6. The van der Waals surface area contributed by atoms with E-state index in [0.717, 1.165) is 0 Å². The summed E-state index contributed by atoms with van der Waals surface area (Å²) in [4.78, 5) is 24.7. The Kier molecular flexibility index (Phi) is 6.08. The van der Waals surface area contributed by atoms with E-state index < -0.39 is 38.2 Å². The van der Waals surface area contributed by atoms with Crippen LogP contribution in [0.1, 0.15) is 32.3 Å². The summed E-state index contributed by atoms with van der Waals surface area (Å²) < 4.78 is 37.3. The summed E-state index contributed by atoms with van der Waals surface area (Å²) in [5, 5.41) is 1.70. The van der Waals surface area contributed by atoms with E-state index in [1.54, 1.807) is 45.0 Å². The van der Waals surface area contributed by atoms with Gasteiger partial charge in [-0.2, -0.15) is 0 Å². The van der Waals surface area contributed by atoms with Crippen LogP contribution >= 0.6 is 11.6 Å². The van der Waals surface area contributed by atoms with Crippen molar-refractivity contribution in [3.05, 3.63) is 59.1 Å². The summed E-state index contributed by atoms with van der Waals surface area (Å²) in [6.07, 6.45) is -0.392. The number of carbonyl (C=O) groups is 2. The molecule has 1 aliphatic rings. The Labute approximate surface area is 186 Å². The smallest absolute Gasteiger partial charge is 0.408 e. The highest BCUT2D eigenvalue weighted by Crippen LogP contribution is 2.56. The van der Waals surface area contributed by atoms with Gasteiger partial charge in [0.05, 0.1) is 12.0 Å². The van der Waals surface area contributed by atoms with Crippen LogP contribution in [0.4, 0.5) is 4.79 Å². The number of hydrogen-bond donors (Lipinski definition) is 1. The SMILES string of the molecule is COc1ccc([C@@H]2[C@H](S(=O)(=O)c3ccc(Cl)cc3)[C@@]2(C=O)NC(=O)OC(C)(C)C)cc1. The fourth-order valence-electron chi connectivity index (χ4n) is 3.64. The number of hydrogen-bond acceptors (Lipinski definition) is 6. The lowest BCUT2D eigenvalue weighted by Crippen LogP contribution is -2.45. The Morgan fingerprint density at radius 2 is 1.68 bits per heavy atom. The van der Waals surface area contributed by atoms with Gasteiger partial charge in [0.2, 0.25) is 0 Å². The van der Waals surface area contributed by atoms with Gasteiger partial charge in [-0.15, -0.1) is 0 Å². The van der Waals surface area contributed by atoms with Crippen molar-refractivity contribution < 1.29 is 27.5 Å². The third-order valence-corrected chi connectivity index (χ3v) is 7.55. The second-order valence-electron chi connectivity index (χ2n) is 8.35. The van der Waals surface area contributed by atoms with E-state index in [4.69, 9.17) is 21.1 Å². The molecule has 3 rings (SSSR count). The second kappa shape index (κ2) is 8.16. The molecule has 31 heavy (non-hydrogen) atoms. The van der Waals surface area contributed by atoms with Crippen molar-refractivity contribution in [3.8, 4) is 5.75 Å². The third-order valence-electron chi connectivity index (χ3n) is 5.04. The van der Waals surface area contributed by atoms with E-state index in [-0.39, 0.29) is 4.90 Å². The van der Waals surface area contributed by atoms with Crippen molar-refractivity contribution in [2.24, 2.45) is 0 Å². The molecule has 0 unspecified atom stereocenters. The van der Waals surface area contributed by atoms with E-state index >= 15 is 0 Å². The van der Waals surface area contributed by atoms with Gasteiger partial charge in [-0.3, -0.25) is 0 Å². The molecule has 1 N–H and O–H groups in total. The van der Waals surface area contributed by atoms with Crippen LogP contribution in [0.2, 0.25) is 5.02 Å². The molecule has 0 heterocycles. The zero-order valence-electron chi connectivity index (χ0n) is 17.6. The number of amides is 1. The van der Waals surface area contributed by atoms with Gasteiger partial charge in [-0.05, 0) is 62.7 Å². The topological polar surface area (TPSA) is 98.8 Å². The first kappa shape index (κ1) is 23.1. The fourth-order valence-corrected chi connectivity index (χ4v) is 6.01. The van der Waals surface area contributed by atoms with Crippen LogP contribution in [0.25, 0.3) is 0 Å². The molecular weight excluding hydrogens is 442 g/mol. The summed E-state index contributed by atoms with van der Waals surface area (Å²) in [7, 11) is -2.48. The van der Waals surface area contributed by atoms with Gasteiger partial charge in [-0.25, -0.2) is 13.2 Å². The van der Waals surface area contributed by atoms with Gasteiger partial charge >= 0.3 is 6.09 Å². The van der Waals surface area contributed by atoms with E-state index in [0.29, 0.717) is 22.6 Å². The lowest BCUT2D eigenvalue weighted by molar-refractivity contribution is -0.110. The van der Waals surface area contributed by atoms with Crippen molar-refractivity contribution >= 4 is 33.8 Å². The summed E-state index contributed by atoms with van der Waals surface area (Å²) in [5.41, 5.74) is -1.91. The number of alkyl carbamates (subject to hydrolysis) is 1. The number of sulfone groups is 1. The van der Waals surface area contributed by atoms with Crippen LogP contribution in [-0.4, -0.2) is 44.3 Å². The van der Waals surface area contributed by atoms with Crippen molar-refractivity contribution in [2.75, 3.05) is 7.11 Å². The van der Waals surface area contributed by atoms with Gasteiger partial charge in [0.1, 0.15) is 28.4 Å². The zero-order chi connectivity index (χ0) is 23.0. The molecule has 7 nitrogen and oxygen atoms in total. The van der Waals surface area contributed by atoms with E-state index in [9.17, 15) is 18.0 Å². The second-order valence-corrected chi connectivity index (χ2v) is 10.9. The molecular formula is C22H24ClNO6S. The summed E-state index contributed by atoms with van der Waals surface area (Å²) in [6, 6.07) is 12.4. The largest absolute Gasteiger partial charge is 0.497 e. The average molecular weight is 466 g/mol. The van der Waals surface area contributed by atoms with Crippen LogP contribution in [0.3, 0.4) is 0 Å². The first-order chi connectivity index (χ1) is 14.4. The normalized spacial score (nSPS) is 23.0. The van der Waals surface area contributed by atoms with Crippen molar-refractivity contribution in [3.63, 3.8) is 0 Å². The Balaban J connectivity index is 2.04. The van der Waals surface area contributed by atoms with Crippen molar-refractivity contribution in [1.82, 2.24) is 5.32 Å². The quantitative estimate of drug-likeness (QED) is 0.652. The number of ether oxygens (including phenoxy) is 2. The minimum atomic E-state index is -4.00. The minimum Gasteiger partial charge on any atom is -0.497 e. The Morgan fingerprint density at radius 1 is 1.10 bits per heavy atom. The Bertz CT molecular complexity index is 1080. The number of methoxy groups -OCH3 is 1. The van der Waals surface area contributed by atoms with Crippen LogP contribution < -0.4 is 10.1 Å². The van der Waals surface area contributed by atoms with Crippen LogP contribution in [-0.2, 0) is 19.4 Å². The first-order valence-corrected chi connectivity index (χ1v) is 11.5. The Hall–Kier alpha value is -2.58. The van der Waals surface area contributed by atoms with Crippen molar-refractivity contribution in [2.45, 2.75) is 48.0 Å². The van der Waals surface area contributed by atoms with Crippen LogP contribution in [0.5, 0.6) is 5.75 Å². The fraction of sp³-hybridized carbons (Fsp3) is 0.364. The molecule has 1 amide bonds. The first-order valence-electron chi connectivity index (χ1n) is 9.55. The minimum absolute atomic E-state index is 0.00938. The molecule has 1 fully saturated rings. The molecule has 0 spiro atoms. The standard InChI is InChI=1S/C22H24ClNO6S/c1-21(2,3)30-20(26)24-22(13-25)18(14-5-9-16(29-4)10-6-14)19(22)31(27,28)17-11-7-15(23)8-12-17/h5-13,18-19H,1-4H3,(H,24,26)/t18-,19+,22+/m1/s1. The highest BCUT2D eigenvalue weighted by Gasteiger charge is 2.73. The highest BCUT2D eigenvalue weighted by molar-refractivity contribution is 7.92. The maximum absolute atomic E-state index is 13.4. The maximum Gasteiger partial charge on any atom is 0.408 e. The molecule has 9 heteroatoms. The molecule has 0 radical (unpaired) electrons. The predicted molar refractivity (Wildman–Crippen MR) is 116 cm³/mol. The molecule has 0 aliphatic heterocycles. The van der Waals surface area contributed by atoms with E-state index in [1.165, 1.54) is 31.4 Å². The van der Waals surface area contributed by atoms with Crippen LogP contribution in [0, 0.1) is 0 Å². The lowest BCUT2D eigenvalue weighted by Gasteiger charge is -2.22. The molecule has 2 aromatic carbocycles. The molecule has 166 valence electrons. The number of carbonyl (C=O) groups excluding carboxylic acids is 2. The summed E-state index contributed by atoms with van der Waals surface area (Å²) >= 11 is 5.89. The van der Waals surface area contributed by atoms with Gasteiger partial charge in [0.25, 0.3) is 0 Å². The van der Waals surface area contributed by atoms with Crippen LogP contribution in [0.15, 0.2) is 53.4 Å². The maximum atomic E-state index is 13.4. The summed E-state index contributed by atoms with van der Waals surface area (Å²) in [6.45, 7) is 5.03. The van der Waals surface area contributed by atoms with Gasteiger partial charge in [0.15, 0.2) is 9.84 Å². The predicted octanol–water partition coefficient (Wildman–Crippen LogP) is 3.75. The molecule has 0 saturated heterocycles.